The highest BCUT2D eigenvalue weighted by atomic mass is 35.5. The summed E-state index contributed by atoms with van der Waals surface area (Å²) in [6.45, 7) is 4.22. The van der Waals surface area contributed by atoms with E-state index in [4.69, 9.17) is 27.9 Å². The van der Waals surface area contributed by atoms with E-state index < -0.39 is 6.04 Å². The van der Waals surface area contributed by atoms with Crippen LogP contribution >= 0.6 is 23.2 Å². The Balaban J connectivity index is 1.75. The molecule has 0 bridgehead atoms. The first kappa shape index (κ1) is 17.5. The molecule has 2 aliphatic rings. The second-order valence-corrected chi connectivity index (χ2v) is 7.07. The largest absolute Gasteiger partial charge is 0.375 e. The molecule has 0 spiro atoms. The predicted octanol–water partition coefficient (Wildman–Crippen LogP) is 2.85. The summed E-state index contributed by atoms with van der Waals surface area (Å²) in [5, 5.41) is 0.746. The molecule has 0 N–H and O–H groups in total. The number of carbonyl (C=O) groups excluding carboxylic acids is 2. The Labute approximate surface area is 151 Å². The first-order valence-electron chi connectivity index (χ1n) is 8.14. The normalized spacial score (nSPS) is 24.3. The highest BCUT2D eigenvalue weighted by Gasteiger charge is 2.38. The van der Waals surface area contributed by atoms with Crippen LogP contribution in [0.25, 0.3) is 0 Å². The Kier molecular flexibility index (Phi) is 5.33. The molecular formula is C17H20Cl2N2O3. The monoisotopic (exact) mass is 370 g/mol. The van der Waals surface area contributed by atoms with Gasteiger partial charge in [-0.05, 0) is 38.0 Å². The quantitative estimate of drug-likeness (QED) is 0.803. The lowest BCUT2D eigenvalue weighted by atomic mass is 10.1. The molecule has 2 aliphatic heterocycles. The molecule has 24 heavy (non-hydrogen) atoms. The number of amides is 2. The molecule has 7 heteroatoms. The van der Waals surface area contributed by atoms with Crippen molar-refractivity contribution in [3.8, 4) is 0 Å². The van der Waals surface area contributed by atoms with Gasteiger partial charge in [0, 0.05) is 25.2 Å². The van der Waals surface area contributed by atoms with E-state index in [9.17, 15) is 9.59 Å². The summed E-state index contributed by atoms with van der Waals surface area (Å²) < 4.78 is 5.49. The zero-order chi connectivity index (χ0) is 17.3. The number of ether oxygens (including phenoxy) is 1. The predicted molar refractivity (Wildman–Crippen MR) is 92.5 cm³/mol. The fraction of sp³-hybridized carbons (Fsp3) is 0.529. The van der Waals surface area contributed by atoms with Gasteiger partial charge in [0.25, 0.3) is 5.91 Å². The van der Waals surface area contributed by atoms with Crippen LogP contribution in [0.1, 0.15) is 30.1 Å². The number of likely N-dealkylation sites (tertiary alicyclic amines) is 1. The number of nitrogens with zero attached hydrogens (tertiary/aromatic N) is 2. The Morgan fingerprint density at radius 1 is 1.21 bits per heavy atom. The van der Waals surface area contributed by atoms with E-state index in [1.807, 2.05) is 6.92 Å². The van der Waals surface area contributed by atoms with Gasteiger partial charge in [0.2, 0.25) is 5.91 Å². The van der Waals surface area contributed by atoms with Gasteiger partial charge in [0.15, 0.2) is 0 Å². The van der Waals surface area contributed by atoms with E-state index in [-0.39, 0.29) is 17.9 Å². The Bertz CT molecular complexity index is 653. The smallest absolute Gasteiger partial charge is 0.254 e. The number of halogens is 2. The molecule has 1 aromatic carbocycles. The molecule has 2 amide bonds. The van der Waals surface area contributed by atoms with Gasteiger partial charge < -0.3 is 14.5 Å². The van der Waals surface area contributed by atoms with Gasteiger partial charge in [-0.2, -0.15) is 0 Å². The van der Waals surface area contributed by atoms with Crippen LogP contribution in [0.4, 0.5) is 0 Å². The average Bonchev–Trinajstić information content (AvgIpc) is 3.05. The fourth-order valence-electron chi connectivity index (χ4n) is 3.29. The van der Waals surface area contributed by atoms with Crippen LogP contribution in [0.2, 0.25) is 10.0 Å². The number of rotatable bonds is 2. The maximum Gasteiger partial charge on any atom is 0.254 e. The van der Waals surface area contributed by atoms with Crippen molar-refractivity contribution in [3.63, 3.8) is 0 Å². The average molecular weight is 371 g/mol. The molecule has 130 valence electrons. The molecule has 0 saturated carbocycles. The van der Waals surface area contributed by atoms with E-state index >= 15 is 0 Å². The first-order chi connectivity index (χ1) is 11.5. The molecule has 5 nitrogen and oxygen atoms in total. The van der Waals surface area contributed by atoms with E-state index in [2.05, 4.69) is 0 Å². The van der Waals surface area contributed by atoms with Gasteiger partial charge in [0.05, 0.1) is 22.8 Å². The molecule has 2 fully saturated rings. The van der Waals surface area contributed by atoms with Crippen molar-refractivity contribution in [2.24, 2.45) is 0 Å². The highest BCUT2D eigenvalue weighted by molar-refractivity contribution is 6.42. The van der Waals surface area contributed by atoms with E-state index in [0.717, 1.165) is 6.42 Å². The second-order valence-electron chi connectivity index (χ2n) is 6.25. The minimum atomic E-state index is -0.405. The molecule has 2 unspecified atom stereocenters. The lowest BCUT2D eigenvalue weighted by Crippen LogP contribution is -2.52. The molecule has 1 aromatic rings. The summed E-state index contributed by atoms with van der Waals surface area (Å²) >= 11 is 11.9. The molecule has 2 saturated heterocycles. The number of benzene rings is 1. The van der Waals surface area contributed by atoms with Crippen molar-refractivity contribution in [3.05, 3.63) is 33.8 Å². The summed E-state index contributed by atoms with van der Waals surface area (Å²) in [4.78, 5) is 29.1. The van der Waals surface area contributed by atoms with Crippen LogP contribution in [0.15, 0.2) is 18.2 Å². The summed E-state index contributed by atoms with van der Waals surface area (Å²) in [5.74, 6) is -0.165. The number of morpholine rings is 1. The number of hydrogen-bond acceptors (Lipinski definition) is 3. The van der Waals surface area contributed by atoms with Crippen LogP contribution < -0.4 is 0 Å². The van der Waals surface area contributed by atoms with Crippen molar-refractivity contribution in [2.45, 2.75) is 31.9 Å². The third-order valence-electron chi connectivity index (χ3n) is 4.52. The van der Waals surface area contributed by atoms with Gasteiger partial charge in [-0.1, -0.05) is 23.2 Å². The van der Waals surface area contributed by atoms with Gasteiger partial charge in [-0.3, -0.25) is 9.59 Å². The van der Waals surface area contributed by atoms with E-state index in [0.29, 0.717) is 48.3 Å². The maximum atomic E-state index is 12.8. The van der Waals surface area contributed by atoms with E-state index in [1.165, 1.54) is 0 Å². The summed E-state index contributed by atoms with van der Waals surface area (Å²) in [6.07, 6.45) is 1.55. The van der Waals surface area contributed by atoms with Crippen molar-refractivity contribution in [1.29, 1.82) is 0 Å². The third-order valence-corrected chi connectivity index (χ3v) is 5.26. The first-order valence-corrected chi connectivity index (χ1v) is 8.89. The van der Waals surface area contributed by atoms with Crippen molar-refractivity contribution in [1.82, 2.24) is 9.80 Å². The van der Waals surface area contributed by atoms with Crippen LogP contribution in [-0.2, 0) is 9.53 Å². The lowest BCUT2D eigenvalue weighted by Gasteiger charge is -2.35. The molecule has 0 radical (unpaired) electrons. The second kappa shape index (κ2) is 7.30. The summed E-state index contributed by atoms with van der Waals surface area (Å²) in [6, 6.07) is 4.40. The third kappa shape index (κ3) is 3.53. The summed E-state index contributed by atoms with van der Waals surface area (Å²) in [5.41, 5.74) is 0.458. The lowest BCUT2D eigenvalue weighted by molar-refractivity contribution is -0.142. The maximum absolute atomic E-state index is 12.8. The standard InChI is InChI=1S/C17H20Cl2N2O3/c1-11-10-20(7-8-24-11)17(23)15-3-2-6-21(15)16(22)12-4-5-13(18)14(19)9-12/h4-5,9,11,15H,2-3,6-8,10H2,1H3. The van der Waals surface area contributed by atoms with E-state index in [1.54, 1.807) is 28.0 Å². The topological polar surface area (TPSA) is 49.9 Å². The van der Waals surface area contributed by atoms with Crippen molar-refractivity contribution in [2.75, 3.05) is 26.2 Å². The molecule has 2 atom stereocenters. The summed E-state index contributed by atoms with van der Waals surface area (Å²) in [7, 11) is 0. The fourth-order valence-corrected chi connectivity index (χ4v) is 3.59. The van der Waals surface area contributed by atoms with Crippen molar-refractivity contribution >= 4 is 35.0 Å². The Morgan fingerprint density at radius 2 is 2.00 bits per heavy atom. The van der Waals surface area contributed by atoms with Crippen LogP contribution in [0.3, 0.4) is 0 Å². The zero-order valence-electron chi connectivity index (χ0n) is 13.5. The Morgan fingerprint density at radius 3 is 2.71 bits per heavy atom. The van der Waals surface area contributed by atoms with Crippen LogP contribution in [0.5, 0.6) is 0 Å². The zero-order valence-corrected chi connectivity index (χ0v) is 15.0. The molecule has 3 rings (SSSR count). The molecule has 0 aliphatic carbocycles. The van der Waals surface area contributed by atoms with Gasteiger partial charge in [0.1, 0.15) is 6.04 Å². The Hall–Kier alpha value is -1.30. The highest BCUT2D eigenvalue weighted by Crippen LogP contribution is 2.26. The van der Waals surface area contributed by atoms with Gasteiger partial charge >= 0.3 is 0 Å². The number of carbonyl (C=O) groups is 2. The van der Waals surface area contributed by atoms with Crippen molar-refractivity contribution < 1.29 is 14.3 Å². The van der Waals surface area contributed by atoms with Gasteiger partial charge in [-0.15, -0.1) is 0 Å². The molecule has 0 aromatic heterocycles. The van der Waals surface area contributed by atoms with Gasteiger partial charge in [-0.25, -0.2) is 0 Å². The number of hydrogen-bond donors (Lipinski definition) is 0. The minimum Gasteiger partial charge on any atom is -0.375 e. The van der Waals surface area contributed by atoms with Crippen LogP contribution in [0, 0.1) is 0 Å². The molecule has 2 heterocycles. The SMILES string of the molecule is CC1CN(C(=O)C2CCCN2C(=O)c2ccc(Cl)c(Cl)c2)CCO1. The minimum absolute atomic E-state index is 0.0102. The van der Waals surface area contributed by atoms with Crippen LogP contribution in [-0.4, -0.2) is 60.0 Å². The molecular weight excluding hydrogens is 351 g/mol.